The average Bonchev–Trinajstić information content (AvgIpc) is 3.74. The van der Waals surface area contributed by atoms with Crippen molar-refractivity contribution in [3.8, 4) is 12.8 Å². The fourth-order valence-electron chi connectivity index (χ4n) is 6.16. The molecule has 20 nitrogen and oxygen atoms in total. The van der Waals surface area contributed by atoms with Crippen LogP contribution in [0.2, 0.25) is 0 Å². The van der Waals surface area contributed by atoms with E-state index in [-0.39, 0.29) is 56.8 Å². The van der Waals surface area contributed by atoms with Gasteiger partial charge in [-0.15, -0.1) is 36.0 Å². The molecule has 0 bridgehead atoms. The van der Waals surface area contributed by atoms with Crippen LogP contribution in [0.15, 0.2) is 188 Å². The summed E-state index contributed by atoms with van der Waals surface area (Å²) in [4.78, 5) is 99.2. The predicted octanol–water partition coefficient (Wildman–Crippen LogP) is 10.7. The lowest BCUT2D eigenvalue weighted by molar-refractivity contribution is 0.0692. The molecule has 25 heteroatoms. The van der Waals surface area contributed by atoms with Gasteiger partial charge in [-0.1, -0.05) is 140 Å². The van der Waals surface area contributed by atoms with Crippen LogP contribution in [0.3, 0.4) is 0 Å². The fourth-order valence-corrected chi connectivity index (χ4v) is 6.38. The number of aliphatic hydroxyl groups is 2. The highest BCUT2D eigenvalue weighted by molar-refractivity contribution is 7.10. The molecule has 0 saturated carbocycles. The number of terminal acetylenes is 1. The van der Waals surface area contributed by atoms with Crippen molar-refractivity contribution in [2.24, 2.45) is 5.90 Å². The van der Waals surface area contributed by atoms with Crippen LogP contribution in [0.1, 0.15) is 142 Å². The van der Waals surface area contributed by atoms with Crippen molar-refractivity contribution in [3.63, 3.8) is 0 Å². The molecule has 3 amide bonds. The summed E-state index contributed by atoms with van der Waals surface area (Å²) in [5.74, 6) is 1.79. The molecular formula is C59H67Cl2N4O16P3. The van der Waals surface area contributed by atoms with Crippen molar-refractivity contribution in [1.82, 2.24) is 16.4 Å². The molecule has 0 aliphatic carbocycles. The summed E-state index contributed by atoms with van der Waals surface area (Å²) in [6.45, 7) is 1.56. The minimum atomic E-state index is -0.984. The zero-order chi connectivity index (χ0) is 64.0. The molecule has 0 saturated heterocycles. The van der Waals surface area contributed by atoms with Gasteiger partial charge in [0.2, 0.25) is 0 Å². The van der Waals surface area contributed by atoms with E-state index in [4.69, 9.17) is 34.9 Å². The Balaban J connectivity index is -0.000000495. The molecule has 0 aliphatic rings. The first-order chi connectivity index (χ1) is 40.8. The highest BCUT2D eigenvalue weighted by Gasteiger charge is 2.17. The summed E-state index contributed by atoms with van der Waals surface area (Å²) in [6.07, 6.45) is 5.26. The number of carboxylic acids is 1. The van der Waals surface area contributed by atoms with Crippen LogP contribution in [0.5, 0.6) is 0 Å². The summed E-state index contributed by atoms with van der Waals surface area (Å²) in [6, 6.07) is 51.1. The molecule has 0 spiro atoms. The van der Waals surface area contributed by atoms with Gasteiger partial charge in [-0.3, -0.25) is 57.4 Å². The average molecular weight is 1260 g/mol. The number of alkyl halides is 2. The lowest BCUT2D eigenvalue weighted by Crippen LogP contribution is -2.19. The Bertz CT molecular complexity index is 3150. The van der Waals surface area contributed by atoms with Crippen LogP contribution in [-0.4, -0.2) is 79.5 Å². The third kappa shape index (κ3) is 31.4. The molecule has 0 radical (unpaired) electrons. The summed E-state index contributed by atoms with van der Waals surface area (Å²) in [7, 11) is 5.68. The molecule has 5 atom stereocenters. The lowest BCUT2D eigenvalue weighted by Gasteiger charge is -2.11. The number of benzene rings is 7. The number of hydrogen-bond acceptors (Lipinski definition) is 16. The van der Waals surface area contributed by atoms with Crippen LogP contribution < -0.4 is 22.3 Å². The smallest absolute Gasteiger partial charge is 0.335 e. The van der Waals surface area contributed by atoms with Crippen molar-refractivity contribution in [2.45, 2.75) is 32.0 Å². The molecule has 7 aromatic carbocycles. The first-order valence-electron chi connectivity index (χ1n) is 24.2. The van der Waals surface area contributed by atoms with E-state index in [1.807, 2.05) is 70.9 Å². The molecular weight excluding hydrogens is 1180 g/mol. The molecule has 84 heavy (non-hydrogen) atoms. The number of ketones is 3. The molecule has 7 aromatic rings. The summed E-state index contributed by atoms with van der Waals surface area (Å²) in [5, 5.41) is 37.4. The van der Waals surface area contributed by atoms with E-state index in [9.17, 15) is 53.4 Å². The van der Waals surface area contributed by atoms with Crippen molar-refractivity contribution in [3.05, 3.63) is 249 Å². The van der Waals surface area contributed by atoms with Gasteiger partial charge in [0.05, 0.1) is 23.1 Å². The maximum absolute atomic E-state index is 12.0. The van der Waals surface area contributed by atoms with Crippen molar-refractivity contribution < 1.29 is 83.2 Å². The summed E-state index contributed by atoms with van der Waals surface area (Å²) >= 11 is 9.53. The fraction of sp³-hybridized carbons (Fsp3) is 0.102. The number of aliphatic hydroxyl groups excluding tert-OH is 2. The topological polar surface area (TPSA) is 324 Å². The van der Waals surface area contributed by atoms with Gasteiger partial charge in [0.15, 0.2) is 17.3 Å². The van der Waals surface area contributed by atoms with E-state index in [1.54, 1.807) is 116 Å². The second-order valence-electron chi connectivity index (χ2n) is 15.7. The van der Waals surface area contributed by atoms with Crippen LogP contribution >= 0.6 is 51.6 Å². The number of Topliss-reactive ketones (excluding diaryl/α,β-unsaturated/α-hetero) is 3. The van der Waals surface area contributed by atoms with Crippen LogP contribution in [0.25, 0.3) is 0 Å². The number of carboxylic acid groups (broad SMARTS) is 1. The number of hydroxylamine groups is 3. The van der Waals surface area contributed by atoms with Crippen LogP contribution in [-0.2, 0) is 13.9 Å². The van der Waals surface area contributed by atoms with Gasteiger partial charge in [-0.2, -0.15) is 0 Å². The Morgan fingerprint density at radius 1 is 0.548 bits per heavy atom. The Kier molecular flexibility index (Phi) is 40.8. The van der Waals surface area contributed by atoms with Crippen LogP contribution in [0.4, 0.5) is 0 Å². The standard InChI is InChI=1S/C16H16NO4P.C16H15NO4.C8H8NO3P.C8H6O3.C8H8O.C2H2.CH2Cl2.H4NOP.3H2/c18-14(11-4-2-1-3-5-11)10-15(19)12-6-8-13(9-7-12)16(20)17-21-22;18-14(11-4-2-1-3-5-11)10-15(19)12-6-8-13(9-7-12)16(20)17-21;10-5-6-1-3-7(4-2-6)8(11)9-12-13;9-5-6-1-3-7(4-2-6)8(10)11;1-7(9)8-5-3-2-4-6-8;1-2;2-1-3;1-2-3;;;/h1-9,15,19H,10,22H2,(H,17,20);1-9,15,19,21H,10H2,(H,17,20);1-5H,13H2,(H,9,11);1-5H,(H,10,11);2-6H,1H3;1-2H;1H2;1,3H2;3*1H/i;;;;;1D;;;3*1+2. The molecule has 0 fully saturated rings. The normalized spacial score (nSPS) is 10.1. The Morgan fingerprint density at radius 3 is 1.07 bits per heavy atom. The van der Waals surface area contributed by atoms with Crippen molar-refractivity contribution in [1.29, 1.82) is 0 Å². The van der Waals surface area contributed by atoms with Gasteiger partial charge < -0.3 is 15.3 Å². The number of nitrogens with one attached hydrogen (secondary N) is 3. The van der Waals surface area contributed by atoms with E-state index < -0.39 is 30.0 Å². The minimum Gasteiger partial charge on any atom is -0.478 e. The molecule has 0 aliphatic heterocycles. The van der Waals surface area contributed by atoms with Gasteiger partial charge in [-0.25, -0.2) is 27.1 Å². The second-order valence-corrected chi connectivity index (χ2v) is 17.3. The Labute approximate surface area is 508 Å². The van der Waals surface area contributed by atoms with Gasteiger partial charge in [0.1, 0.15) is 13.9 Å². The molecule has 0 aromatic heterocycles. The minimum absolute atomic E-state index is 0. The number of carbonyl (C=O) groups is 9. The lowest BCUT2D eigenvalue weighted by atomic mass is 9.99. The van der Waals surface area contributed by atoms with Crippen molar-refractivity contribution in [2.75, 3.05) is 5.34 Å². The van der Waals surface area contributed by atoms with Gasteiger partial charge in [0.25, 0.3) is 17.7 Å². The van der Waals surface area contributed by atoms with E-state index in [0.717, 1.165) is 5.56 Å². The van der Waals surface area contributed by atoms with E-state index in [1.165, 1.54) is 48.3 Å². The molecule has 9 N–H and O–H groups in total. The van der Waals surface area contributed by atoms with Gasteiger partial charge in [-0.05, 0) is 66.6 Å². The molecule has 5 unspecified atom stereocenters. The third-order valence-corrected chi connectivity index (χ3v) is 10.5. The second kappa shape index (κ2) is 46.4. The monoisotopic (exact) mass is 1260 g/mol. The molecule has 7 rings (SSSR count). The Hall–Kier alpha value is -8.08. The maximum atomic E-state index is 12.0. The largest absolute Gasteiger partial charge is 0.478 e. The third-order valence-electron chi connectivity index (χ3n) is 10.3. The highest BCUT2D eigenvalue weighted by atomic mass is 35.5. The van der Waals surface area contributed by atoms with Gasteiger partial charge in [0, 0.05) is 90.0 Å². The van der Waals surface area contributed by atoms with E-state index in [0.29, 0.717) is 57.1 Å². The quantitative estimate of drug-likeness (QED) is 0.00799. The number of halogens is 2. The number of amides is 3. The number of nitrogens with two attached hydrogens (primary N) is 1. The maximum Gasteiger partial charge on any atom is 0.335 e. The van der Waals surface area contributed by atoms with E-state index >= 15 is 0 Å². The summed E-state index contributed by atoms with van der Waals surface area (Å²) in [5.41, 5.74) is 11.1. The zero-order valence-corrected chi connectivity index (χ0v) is 49.6. The first-order valence-corrected chi connectivity index (χ1v) is 26.2. The van der Waals surface area contributed by atoms with Crippen LogP contribution in [0, 0.1) is 12.8 Å². The van der Waals surface area contributed by atoms with E-state index in [2.05, 4.69) is 37.2 Å². The van der Waals surface area contributed by atoms with Crippen molar-refractivity contribution >= 4 is 105 Å². The zero-order valence-electron chi connectivity index (χ0n) is 45.7. The number of carbonyl (C=O) groups excluding carboxylic acids is 8. The molecule has 448 valence electrons. The number of aromatic carboxylic acids is 1. The number of aldehydes is 2. The number of rotatable bonds is 17. The van der Waals surface area contributed by atoms with Gasteiger partial charge >= 0.3 is 5.97 Å². The predicted molar refractivity (Wildman–Crippen MR) is 334 cm³/mol. The Morgan fingerprint density at radius 2 is 0.821 bits per heavy atom. The summed E-state index contributed by atoms with van der Waals surface area (Å²) < 4.78 is 18.2. The SMILES string of the molecule is CC(=O)c1ccccc1.ClCCl.NOP.O=C(CC(O)c1ccc(C(=O)NO)cc1)c1ccccc1.O=C(CC(O)c1ccc(C(=O)NOP)cc1)c1ccccc1.O=Cc1ccc(C(=O)NOP)cc1.O=Cc1ccc(C(=O)O)cc1.[2H]C#C.[3HH].[3HH].[3HH]. The molecule has 0 heterocycles. The number of hydrogen-bond donors (Lipinski definition) is 8. The highest BCUT2D eigenvalue weighted by Crippen LogP contribution is 2.21. The first kappa shape index (κ1) is 73.9.